The van der Waals surface area contributed by atoms with Crippen LogP contribution < -0.4 is 10.6 Å². The Bertz CT molecular complexity index is 430. The molecule has 1 aromatic rings. The number of carbonyl (C=O) groups is 1. The van der Waals surface area contributed by atoms with Gasteiger partial charge in [-0.05, 0) is 19.1 Å². The van der Waals surface area contributed by atoms with E-state index in [1.165, 1.54) is 0 Å². The van der Waals surface area contributed by atoms with Crippen LogP contribution in [0.5, 0.6) is 0 Å². The Morgan fingerprint density at radius 1 is 1.42 bits per heavy atom. The fourth-order valence-corrected chi connectivity index (χ4v) is 2.12. The molecular weight excluding hydrogens is 244 g/mol. The van der Waals surface area contributed by atoms with Gasteiger partial charge < -0.3 is 20.3 Å². The summed E-state index contributed by atoms with van der Waals surface area (Å²) < 4.78 is 5.14. The van der Waals surface area contributed by atoms with E-state index < -0.39 is 0 Å². The molecule has 0 unspecified atom stereocenters. The second-order valence-electron chi connectivity index (χ2n) is 4.42. The topological polar surface area (TPSA) is 71.7 Å². The van der Waals surface area contributed by atoms with Crippen LogP contribution in [0.2, 0.25) is 0 Å². The van der Waals surface area contributed by atoms with Crippen molar-refractivity contribution in [3.63, 3.8) is 0 Å². The number of anilines is 2. The fraction of sp³-hybridized carbons (Fsp3) is 0.538. The molecule has 0 radical (unpaired) electrons. The van der Waals surface area contributed by atoms with Crippen LogP contribution in [0.3, 0.4) is 0 Å². The predicted octanol–water partition coefficient (Wildman–Crippen LogP) is 0.349. The number of nitrogens with two attached hydrogens (primary N) is 1. The monoisotopic (exact) mass is 264 g/mol. The van der Waals surface area contributed by atoms with Gasteiger partial charge in [-0.15, -0.1) is 0 Å². The second-order valence-corrected chi connectivity index (χ2v) is 4.42. The quantitative estimate of drug-likeness (QED) is 0.849. The van der Waals surface area contributed by atoms with Gasteiger partial charge in [0.15, 0.2) is 5.82 Å². The minimum Gasteiger partial charge on any atom is -0.396 e. The highest BCUT2D eigenvalue weighted by Gasteiger charge is 2.22. The first-order chi connectivity index (χ1) is 9.22. The molecule has 6 heteroatoms. The van der Waals surface area contributed by atoms with Crippen molar-refractivity contribution in [3.05, 3.63) is 18.3 Å². The number of nitrogens with zero attached hydrogens (tertiary/aromatic N) is 3. The molecule has 0 bridgehead atoms. The molecule has 2 heterocycles. The van der Waals surface area contributed by atoms with E-state index in [0.29, 0.717) is 25.4 Å². The van der Waals surface area contributed by atoms with Gasteiger partial charge in [-0.25, -0.2) is 4.98 Å². The highest BCUT2D eigenvalue weighted by molar-refractivity contribution is 5.77. The van der Waals surface area contributed by atoms with Crippen LogP contribution in [-0.2, 0) is 9.53 Å². The summed E-state index contributed by atoms with van der Waals surface area (Å²) in [5.41, 5.74) is 6.58. The van der Waals surface area contributed by atoms with Gasteiger partial charge in [0.2, 0.25) is 5.91 Å². The van der Waals surface area contributed by atoms with Gasteiger partial charge >= 0.3 is 0 Å². The first-order valence-electron chi connectivity index (χ1n) is 6.53. The Morgan fingerprint density at radius 2 is 2.16 bits per heavy atom. The number of amides is 1. The van der Waals surface area contributed by atoms with Crippen molar-refractivity contribution in [1.82, 2.24) is 9.88 Å². The molecule has 19 heavy (non-hydrogen) atoms. The number of nitrogen functional groups attached to an aromatic ring is 1. The van der Waals surface area contributed by atoms with E-state index >= 15 is 0 Å². The highest BCUT2D eigenvalue weighted by atomic mass is 16.5. The van der Waals surface area contributed by atoms with Crippen molar-refractivity contribution in [2.45, 2.75) is 6.92 Å². The molecule has 0 spiro atoms. The molecule has 1 aliphatic rings. The van der Waals surface area contributed by atoms with Gasteiger partial charge in [-0.3, -0.25) is 4.79 Å². The molecule has 1 aromatic heterocycles. The summed E-state index contributed by atoms with van der Waals surface area (Å²) in [5, 5.41) is 0. The lowest BCUT2D eigenvalue weighted by molar-refractivity contribution is -0.136. The highest BCUT2D eigenvalue weighted by Crippen LogP contribution is 2.20. The Labute approximate surface area is 113 Å². The number of hydrogen-bond acceptors (Lipinski definition) is 5. The van der Waals surface area contributed by atoms with Crippen molar-refractivity contribution in [1.29, 1.82) is 0 Å². The van der Waals surface area contributed by atoms with Crippen molar-refractivity contribution >= 4 is 17.4 Å². The van der Waals surface area contributed by atoms with Crippen molar-refractivity contribution in [2.75, 3.05) is 50.0 Å². The van der Waals surface area contributed by atoms with Gasteiger partial charge in [0, 0.05) is 39.0 Å². The molecular formula is C13H20N4O2. The standard InChI is InChI=1S/C13H20N4O2/c1-2-19-10-12(18)16-6-8-17(9-7-16)13-11(14)4-3-5-15-13/h3-5H,2,6-10,14H2,1H3. The van der Waals surface area contributed by atoms with Crippen LogP contribution in [0.25, 0.3) is 0 Å². The SMILES string of the molecule is CCOCC(=O)N1CCN(c2ncccc2N)CC1. The number of piperazine rings is 1. The summed E-state index contributed by atoms with van der Waals surface area (Å²) in [6.07, 6.45) is 1.73. The third kappa shape index (κ3) is 3.35. The van der Waals surface area contributed by atoms with Gasteiger partial charge in [0.05, 0.1) is 5.69 Å². The molecule has 6 nitrogen and oxygen atoms in total. The van der Waals surface area contributed by atoms with E-state index in [-0.39, 0.29) is 12.5 Å². The summed E-state index contributed by atoms with van der Waals surface area (Å²) in [6.45, 7) is 5.48. The van der Waals surface area contributed by atoms with E-state index in [1.807, 2.05) is 24.0 Å². The number of rotatable bonds is 4. The van der Waals surface area contributed by atoms with E-state index in [0.717, 1.165) is 18.9 Å². The zero-order chi connectivity index (χ0) is 13.7. The maximum absolute atomic E-state index is 11.8. The van der Waals surface area contributed by atoms with Crippen molar-refractivity contribution < 1.29 is 9.53 Å². The largest absolute Gasteiger partial charge is 0.396 e. The van der Waals surface area contributed by atoms with Crippen LogP contribution in [0.4, 0.5) is 11.5 Å². The van der Waals surface area contributed by atoms with Gasteiger partial charge in [0.25, 0.3) is 0 Å². The molecule has 1 fully saturated rings. The smallest absolute Gasteiger partial charge is 0.248 e. The van der Waals surface area contributed by atoms with Crippen molar-refractivity contribution in [2.24, 2.45) is 0 Å². The maximum atomic E-state index is 11.8. The molecule has 0 saturated carbocycles. The van der Waals surface area contributed by atoms with Crippen LogP contribution in [0, 0.1) is 0 Å². The average Bonchev–Trinajstić information content (AvgIpc) is 2.45. The third-order valence-corrected chi connectivity index (χ3v) is 3.18. The lowest BCUT2D eigenvalue weighted by Gasteiger charge is -2.35. The Morgan fingerprint density at radius 3 is 2.79 bits per heavy atom. The first-order valence-corrected chi connectivity index (χ1v) is 6.53. The number of hydrogen-bond donors (Lipinski definition) is 1. The minimum absolute atomic E-state index is 0.0514. The average molecular weight is 264 g/mol. The van der Waals surface area contributed by atoms with Crippen molar-refractivity contribution in [3.8, 4) is 0 Å². The van der Waals surface area contributed by atoms with E-state index in [2.05, 4.69) is 9.88 Å². The molecule has 2 N–H and O–H groups in total. The Balaban J connectivity index is 1.89. The predicted molar refractivity (Wildman–Crippen MR) is 73.9 cm³/mol. The lowest BCUT2D eigenvalue weighted by Crippen LogP contribution is -2.50. The molecule has 2 rings (SSSR count). The molecule has 0 atom stereocenters. The van der Waals surface area contributed by atoms with E-state index in [4.69, 9.17) is 10.5 Å². The first kappa shape index (κ1) is 13.6. The Kier molecular flexibility index (Phi) is 4.57. The summed E-state index contributed by atoms with van der Waals surface area (Å²) >= 11 is 0. The van der Waals surface area contributed by atoms with Crippen LogP contribution in [0.15, 0.2) is 18.3 Å². The summed E-state index contributed by atoms with van der Waals surface area (Å²) in [4.78, 5) is 20.0. The fourth-order valence-electron chi connectivity index (χ4n) is 2.12. The number of pyridine rings is 1. The number of aromatic nitrogens is 1. The van der Waals surface area contributed by atoms with Gasteiger partial charge in [0.1, 0.15) is 6.61 Å². The number of carbonyl (C=O) groups excluding carboxylic acids is 1. The minimum atomic E-state index is 0.0514. The van der Waals surface area contributed by atoms with Gasteiger partial charge in [-0.1, -0.05) is 0 Å². The lowest BCUT2D eigenvalue weighted by atomic mass is 10.3. The van der Waals surface area contributed by atoms with E-state index in [1.54, 1.807) is 6.20 Å². The third-order valence-electron chi connectivity index (χ3n) is 3.18. The zero-order valence-corrected chi connectivity index (χ0v) is 11.2. The number of ether oxygens (including phenoxy) is 1. The van der Waals surface area contributed by atoms with Crippen LogP contribution in [0.1, 0.15) is 6.92 Å². The zero-order valence-electron chi connectivity index (χ0n) is 11.2. The molecule has 104 valence electrons. The normalized spacial score (nSPS) is 15.6. The molecule has 1 saturated heterocycles. The van der Waals surface area contributed by atoms with E-state index in [9.17, 15) is 4.79 Å². The van der Waals surface area contributed by atoms with Crippen LogP contribution >= 0.6 is 0 Å². The molecule has 1 aliphatic heterocycles. The summed E-state index contributed by atoms with van der Waals surface area (Å²) in [6, 6.07) is 3.66. The molecule has 0 aliphatic carbocycles. The maximum Gasteiger partial charge on any atom is 0.248 e. The summed E-state index contributed by atoms with van der Waals surface area (Å²) in [7, 11) is 0. The summed E-state index contributed by atoms with van der Waals surface area (Å²) in [5.74, 6) is 0.856. The van der Waals surface area contributed by atoms with Crippen LogP contribution in [-0.4, -0.2) is 55.2 Å². The Hall–Kier alpha value is -1.82. The second kappa shape index (κ2) is 6.38. The molecule has 1 amide bonds. The van der Waals surface area contributed by atoms with Gasteiger partial charge in [-0.2, -0.15) is 0 Å². The molecule has 0 aromatic carbocycles.